The van der Waals surface area contributed by atoms with Crippen molar-refractivity contribution in [3.8, 4) is 5.75 Å². The molecule has 2 aromatic rings. The van der Waals surface area contributed by atoms with Crippen LogP contribution in [0.3, 0.4) is 0 Å². The lowest BCUT2D eigenvalue weighted by molar-refractivity contribution is -0.137. The van der Waals surface area contributed by atoms with Gasteiger partial charge in [-0.15, -0.1) is 0 Å². The Morgan fingerprint density at radius 1 is 1.29 bits per heavy atom. The van der Waals surface area contributed by atoms with Gasteiger partial charge in [-0.3, -0.25) is 4.79 Å². The SMILES string of the molecule is CC[C@@H](NC(=O)Oc1cc(C(=O)N2CCC[C@@H]2C)n2c1COCC2)c1ccc(C(F)(F)F)c(Cl)c1. The van der Waals surface area contributed by atoms with Crippen molar-refractivity contribution in [3.63, 3.8) is 0 Å². The fourth-order valence-electron chi connectivity index (χ4n) is 4.61. The molecule has 7 nitrogen and oxygen atoms in total. The van der Waals surface area contributed by atoms with Crippen LogP contribution < -0.4 is 10.1 Å². The van der Waals surface area contributed by atoms with Gasteiger partial charge in [-0.25, -0.2) is 4.79 Å². The number of carbonyl (C=O) groups excluding carboxylic acids is 2. The van der Waals surface area contributed by atoms with Crippen LogP contribution in [0.25, 0.3) is 0 Å². The minimum absolute atomic E-state index is 0.112. The summed E-state index contributed by atoms with van der Waals surface area (Å²) >= 11 is 5.84. The smallest absolute Gasteiger partial charge is 0.408 e. The monoisotopic (exact) mass is 513 g/mol. The fourth-order valence-corrected chi connectivity index (χ4v) is 4.91. The van der Waals surface area contributed by atoms with Gasteiger partial charge in [-0.2, -0.15) is 13.2 Å². The average Bonchev–Trinajstić information content (AvgIpc) is 3.40. The van der Waals surface area contributed by atoms with Crippen LogP contribution in [0.5, 0.6) is 5.75 Å². The van der Waals surface area contributed by atoms with E-state index in [1.54, 1.807) is 13.0 Å². The summed E-state index contributed by atoms with van der Waals surface area (Å²) in [4.78, 5) is 27.8. The Bertz CT molecular complexity index is 1120. The molecule has 0 bridgehead atoms. The van der Waals surface area contributed by atoms with Gasteiger partial charge >= 0.3 is 12.3 Å². The van der Waals surface area contributed by atoms with Crippen molar-refractivity contribution in [1.82, 2.24) is 14.8 Å². The molecule has 0 radical (unpaired) electrons. The van der Waals surface area contributed by atoms with Gasteiger partial charge < -0.3 is 24.3 Å². The topological polar surface area (TPSA) is 72.8 Å². The minimum atomic E-state index is -4.57. The van der Waals surface area contributed by atoms with Gasteiger partial charge in [0.15, 0.2) is 5.75 Å². The minimum Gasteiger partial charge on any atom is -0.408 e. The zero-order valence-electron chi connectivity index (χ0n) is 19.5. The third-order valence-electron chi connectivity index (χ3n) is 6.50. The van der Waals surface area contributed by atoms with Crippen molar-refractivity contribution in [2.45, 2.75) is 64.5 Å². The number of fused-ring (bicyclic) bond motifs is 1. The Labute approximate surface area is 206 Å². The first-order valence-electron chi connectivity index (χ1n) is 11.6. The van der Waals surface area contributed by atoms with Crippen LogP contribution in [-0.4, -0.2) is 40.7 Å². The Morgan fingerprint density at radius 2 is 2.06 bits per heavy atom. The number of ether oxygens (including phenoxy) is 2. The van der Waals surface area contributed by atoms with E-state index in [0.717, 1.165) is 18.9 Å². The van der Waals surface area contributed by atoms with Crippen LogP contribution >= 0.6 is 11.6 Å². The van der Waals surface area contributed by atoms with Crippen LogP contribution in [0.1, 0.15) is 66.5 Å². The van der Waals surface area contributed by atoms with Crippen molar-refractivity contribution in [1.29, 1.82) is 0 Å². The zero-order valence-corrected chi connectivity index (χ0v) is 20.2. The molecule has 0 saturated carbocycles. The Hall–Kier alpha value is -2.72. The second-order valence-corrected chi connectivity index (χ2v) is 9.17. The molecular weight excluding hydrogens is 487 g/mol. The van der Waals surface area contributed by atoms with E-state index >= 15 is 0 Å². The highest BCUT2D eigenvalue weighted by molar-refractivity contribution is 6.31. The number of nitrogens with one attached hydrogen (secondary N) is 1. The molecule has 1 N–H and O–H groups in total. The van der Waals surface area contributed by atoms with Crippen molar-refractivity contribution >= 4 is 23.6 Å². The highest BCUT2D eigenvalue weighted by atomic mass is 35.5. The van der Waals surface area contributed by atoms with Crippen LogP contribution in [0, 0.1) is 0 Å². The zero-order chi connectivity index (χ0) is 25.3. The first-order valence-corrected chi connectivity index (χ1v) is 11.9. The molecule has 2 aliphatic heterocycles. The summed E-state index contributed by atoms with van der Waals surface area (Å²) in [5.74, 6) is 0.108. The highest BCUT2D eigenvalue weighted by Crippen LogP contribution is 2.36. The number of hydrogen-bond acceptors (Lipinski definition) is 4. The summed E-state index contributed by atoms with van der Waals surface area (Å²) in [5.41, 5.74) is 0.516. The quantitative estimate of drug-likeness (QED) is 0.568. The number of nitrogens with zero attached hydrogens (tertiary/aromatic N) is 2. The summed E-state index contributed by atoms with van der Waals surface area (Å²) in [7, 11) is 0. The van der Waals surface area contributed by atoms with E-state index in [9.17, 15) is 22.8 Å². The molecule has 4 rings (SSSR count). The van der Waals surface area contributed by atoms with Crippen LogP contribution in [0.4, 0.5) is 18.0 Å². The third-order valence-corrected chi connectivity index (χ3v) is 6.82. The van der Waals surface area contributed by atoms with E-state index in [4.69, 9.17) is 21.1 Å². The van der Waals surface area contributed by atoms with E-state index in [1.807, 2.05) is 16.4 Å². The number of amides is 2. The summed E-state index contributed by atoms with van der Waals surface area (Å²) in [5, 5.41) is 2.23. The van der Waals surface area contributed by atoms with Crippen molar-refractivity contribution in [3.05, 3.63) is 51.8 Å². The molecule has 1 aromatic heterocycles. The van der Waals surface area contributed by atoms with Gasteiger partial charge in [0.05, 0.1) is 35.5 Å². The van der Waals surface area contributed by atoms with Crippen LogP contribution in [0.2, 0.25) is 5.02 Å². The summed E-state index contributed by atoms with van der Waals surface area (Å²) in [6.07, 6.45) is -3.07. The largest absolute Gasteiger partial charge is 0.417 e. The normalized spacial score (nSPS) is 18.8. The predicted octanol–water partition coefficient (Wildman–Crippen LogP) is 5.55. The average molecular weight is 514 g/mol. The van der Waals surface area contributed by atoms with Gasteiger partial charge in [0.1, 0.15) is 5.69 Å². The molecule has 0 aliphatic carbocycles. The van der Waals surface area contributed by atoms with E-state index in [1.165, 1.54) is 12.1 Å². The lowest BCUT2D eigenvalue weighted by Gasteiger charge is -2.24. The molecule has 2 aliphatic rings. The standard InChI is InChI=1S/C24H27ClF3N3O4/c1-3-18(15-6-7-16(17(25)11-15)24(26,27)28)29-23(33)35-21-12-19(31-9-10-34-13-20(21)31)22(32)30-8-4-5-14(30)2/h6-7,11-12,14,18H,3-5,8-10,13H2,1-2H3,(H,29,33)/t14-,18+/m0/s1. The number of alkyl halides is 3. The third kappa shape index (κ3) is 5.28. The molecule has 3 heterocycles. The Kier molecular flexibility index (Phi) is 7.32. The number of aromatic nitrogens is 1. The molecule has 1 aromatic carbocycles. The van der Waals surface area contributed by atoms with Gasteiger partial charge in [-0.05, 0) is 43.9 Å². The molecule has 0 spiro atoms. The Morgan fingerprint density at radius 3 is 2.69 bits per heavy atom. The maximum Gasteiger partial charge on any atom is 0.417 e. The first-order chi connectivity index (χ1) is 16.6. The number of hydrogen-bond donors (Lipinski definition) is 1. The first kappa shape index (κ1) is 25.4. The van der Waals surface area contributed by atoms with Gasteiger partial charge in [0.2, 0.25) is 0 Å². The molecule has 0 unspecified atom stereocenters. The molecule has 190 valence electrons. The summed E-state index contributed by atoms with van der Waals surface area (Å²) in [6.45, 7) is 5.57. The lowest BCUT2D eigenvalue weighted by atomic mass is 10.0. The highest BCUT2D eigenvalue weighted by Gasteiger charge is 2.34. The van der Waals surface area contributed by atoms with Gasteiger partial charge in [0, 0.05) is 25.2 Å². The molecule has 2 atom stereocenters. The van der Waals surface area contributed by atoms with Crippen LogP contribution in [0.15, 0.2) is 24.3 Å². The van der Waals surface area contributed by atoms with E-state index in [-0.39, 0.29) is 24.3 Å². The number of benzene rings is 1. The molecular formula is C24H27ClF3N3O4. The van der Waals surface area contributed by atoms with Gasteiger partial charge in [-0.1, -0.05) is 24.6 Å². The van der Waals surface area contributed by atoms with Crippen molar-refractivity contribution in [2.24, 2.45) is 0 Å². The van der Waals surface area contributed by atoms with Crippen molar-refractivity contribution in [2.75, 3.05) is 13.2 Å². The molecule has 35 heavy (non-hydrogen) atoms. The van der Waals surface area contributed by atoms with Crippen molar-refractivity contribution < 1.29 is 32.2 Å². The molecule has 1 saturated heterocycles. The summed E-state index contributed by atoms with van der Waals surface area (Å²) in [6, 6.07) is 4.45. The van der Waals surface area contributed by atoms with E-state index < -0.39 is 28.9 Å². The maximum absolute atomic E-state index is 13.2. The maximum atomic E-state index is 13.2. The predicted molar refractivity (Wildman–Crippen MR) is 122 cm³/mol. The number of halogens is 4. The van der Waals surface area contributed by atoms with E-state index in [2.05, 4.69) is 5.32 Å². The van der Waals surface area contributed by atoms with Crippen LogP contribution in [-0.2, 0) is 24.1 Å². The van der Waals surface area contributed by atoms with E-state index in [0.29, 0.717) is 43.1 Å². The molecule has 11 heteroatoms. The second kappa shape index (κ2) is 10.1. The fraction of sp³-hybridized carbons (Fsp3) is 0.500. The molecule has 1 fully saturated rings. The lowest BCUT2D eigenvalue weighted by Crippen LogP contribution is -2.35. The number of rotatable bonds is 5. The van der Waals surface area contributed by atoms with Gasteiger partial charge in [0.25, 0.3) is 5.91 Å². The summed E-state index contributed by atoms with van der Waals surface area (Å²) < 4.78 is 52.0. The number of carbonyl (C=O) groups is 2. The molecule has 2 amide bonds. The second-order valence-electron chi connectivity index (χ2n) is 8.77. The number of likely N-dealkylation sites (tertiary alicyclic amines) is 1. The Balaban J connectivity index is 1.52.